The van der Waals surface area contributed by atoms with E-state index in [-0.39, 0.29) is 24.8 Å². The Kier molecular flexibility index (Phi) is 14.4. The second-order valence-corrected chi connectivity index (χ2v) is 10.3. The number of fused-ring (bicyclic) bond motifs is 1. The molecule has 2 aromatic carbocycles. The number of hydrogen-bond donors (Lipinski definition) is 0. The van der Waals surface area contributed by atoms with Crippen molar-refractivity contribution in [3.8, 4) is 16.9 Å². The van der Waals surface area contributed by atoms with Crippen molar-refractivity contribution in [3.05, 3.63) is 59.7 Å². The van der Waals surface area contributed by atoms with E-state index in [0.29, 0.717) is 42.3 Å². The van der Waals surface area contributed by atoms with Crippen LogP contribution in [0.1, 0.15) is 45.2 Å². The van der Waals surface area contributed by atoms with Crippen molar-refractivity contribution in [1.29, 1.82) is 0 Å². The van der Waals surface area contributed by atoms with Crippen LogP contribution in [0.2, 0.25) is 0 Å². The third kappa shape index (κ3) is 8.67. The number of piperazine rings is 1. The number of allylic oxidation sites excluding steroid dienone is 1. The van der Waals surface area contributed by atoms with Gasteiger partial charge in [0, 0.05) is 55.0 Å². The summed E-state index contributed by atoms with van der Waals surface area (Å²) >= 11 is 0. The molecule has 0 N–H and O–H groups in total. The van der Waals surface area contributed by atoms with Gasteiger partial charge in [0.25, 0.3) is 0 Å². The molecule has 0 radical (unpaired) electrons. The molecule has 1 amide bonds. The van der Waals surface area contributed by atoms with Gasteiger partial charge in [0.1, 0.15) is 30.4 Å². The summed E-state index contributed by atoms with van der Waals surface area (Å²) in [5, 5.41) is 0. The van der Waals surface area contributed by atoms with Crippen LogP contribution in [0.25, 0.3) is 11.1 Å². The predicted molar refractivity (Wildman–Crippen MR) is 164 cm³/mol. The van der Waals surface area contributed by atoms with Gasteiger partial charge in [-0.1, -0.05) is 20.4 Å². The first-order valence-corrected chi connectivity index (χ1v) is 14.4. The van der Waals surface area contributed by atoms with Crippen molar-refractivity contribution in [2.24, 2.45) is 4.99 Å². The molecule has 2 aliphatic rings. The normalized spacial score (nSPS) is 18.3. The zero-order chi connectivity index (χ0) is 32.1. The number of benzene rings is 2. The van der Waals surface area contributed by atoms with Crippen LogP contribution in [-0.2, 0) is 21.0 Å². The third-order valence-electron chi connectivity index (χ3n) is 7.31. The van der Waals surface area contributed by atoms with E-state index in [2.05, 4.69) is 47.2 Å². The van der Waals surface area contributed by atoms with E-state index in [0.717, 1.165) is 48.9 Å². The summed E-state index contributed by atoms with van der Waals surface area (Å²) in [6.45, 7) is 13.9. The fourth-order valence-electron chi connectivity index (χ4n) is 5.10. The van der Waals surface area contributed by atoms with Gasteiger partial charge in [-0.05, 0) is 68.1 Å². The molecule has 0 spiro atoms. The topological polar surface area (TPSA) is 74.7 Å². The molecule has 0 unspecified atom stereocenters. The zero-order valence-electron chi connectivity index (χ0n) is 25.9. The first-order chi connectivity index (χ1) is 20.6. The van der Waals surface area contributed by atoms with E-state index in [1.54, 1.807) is 11.9 Å². The quantitative estimate of drug-likeness (QED) is 0.177. The molecule has 0 saturated carbocycles. The van der Waals surface area contributed by atoms with Crippen LogP contribution in [-0.4, -0.2) is 87.4 Å². The molecule has 2 atom stereocenters. The smallest absolute Gasteiger partial charge is 0.214 e. The molecule has 0 aromatic heterocycles. The standard InChI is InChI=1S/C26H32F2N4O2.C3H7FO.C3H4O/c1-6-18-11-21(26(29-4)32-14-16(2)30(5)13-17(32)3)24-25(34-10-9-31(24)15-33)23(18)20-8-7-19(27)12-22(20)28;1-2-3-5-4;1-2-3-4/h7-8,11-12,15-17H,6,9-10,13-14H2,1-5H3;2-3H2,1H3;2-3H,1H2/t16-,17+;;/m1../s1. The molecule has 1 saturated heterocycles. The van der Waals surface area contributed by atoms with E-state index < -0.39 is 11.6 Å². The average molecular weight is 605 g/mol. The Balaban J connectivity index is 0.000000630. The number of ether oxygens (including phenoxy) is 1. The fourth-order valence-corrected chi connectivity index (χ4v) is 5.10. The lowest BCUT2D eigenvalue weighted by atomic mass is 9.91. The highest BCUT2D eigenvalue weighted by Gasteiger charge is 2.35. The third-order valence-corrected chi connectivity index (χ3v) is 7.31. The summed E-state index contributed by atoms with van der Waals surface area (Å²) in [4.78, 5) is 35.2. The first kappa shape index (κ1) is 35.5. The van der Waals surface area contributed by atoms with Gasteiger partial charge in [-0.25, -0.2) is 8.78 Å². The van der Waals surface area contributed by atoms with Gasteiger partial charge in [0.15, 0.2) is 5.75 Å². The molecule has 2 aromatic rings. The van der Waals surface area contributed by atoms with Crippen molar-refractivity contribution < 1.29 is 32.6 Å². The Morgan fingerprint density at radius 3 is 2.37 bits per heavy atom. The Hall–Kier alpha value is -3.70. The van der Waals surface area contributed by atoms with Gasteiger partial charge in [-0.2, -0.15) is 4.94 Å². The van der Waals surface area contributed by atoms with E-state index in [1.165, 1.54) is 18.2 Å². The second kappa shape index (κ2) is 17.4. The number of anilines is 1. The Labute approximate surface area is 252 Å². The number of aryl methyl sites for hydroxylation is 1. The number of amidine groups is 1. The van der Waals surface area contributed by atoms with Gasteiger partial charge in [0.2, 0.25) is 6.41 Å². The predicted octanol–water partition coefficient (Wildman–Crippen LogP) is 5.62. The van der Waals surface area contributed by atoms with Crippen LogP contribution < -0.4 is 9.64 Å². The summed E-state index contributed by atoms with van der Waals surface area (Å²) in [6.07, 6.45) is 3.96. The van der Waals surface area contributed by atoms with Crippen molar-refractivity contribution in [2.45, 2.75) is 52.6 Å². The molecule has 4 rings (SSSR count). The van der Waals surface area contributed by atoms with Crippen molar-refractivity contribution in [1.82, 2.24) is 9.80 Å². The van der Waals surface area contributed by atoms with Gasteiger partial charge in [-0.3, -0.25) is 19.5 Å². The van der Waals surface area contributed by atoms with Crippen LogP contribution >= 0.6 is 0 Å². The molecule has 43 heavy (non-hydrogen) atoms. The van der Waals surface area contributed by atoms with Crippen LogP contribution in [0.3, 0.4) is 0 Å². The highest BCUT2D eigenvalue weighted by atomic mass is 19.3. The first-order valence-electron chi connectivity index (χ1n) is 14.4. The van der Waals surface area contributed by atoms with E-state index in [4.69, 9.17) is 9.53 Å². The maximum Gasteiger partial charge on any atom is 0.214 e. The van der Waals surface area contributed by atoms with Gasteiger partial charge >= 0.3 is 0 Å². The van der Waals surface area contributed by atoms with Crippen LogP contribution in [0, 0.1) is 11.6 Å². The van der Waals surface area contributed by atoms with Crippen molar-refractivity contribution >= 4 is 24.2 Å². The lowest BCUT2D eigenvalue weighted by Gasteiger charge is -2.44. The number of rotatable bonds is 7. The monoisotopic (exact) mass is 604 g/mol. The van der Waals surface area contributed by atoms with Crippen LogP contribution in [0.15, 0.2) is 41.9 Å². The molecule has 236 valence electrons. The van der Waals surface area contributed by atoms with Gasteiger partial charge in [0.05, 0.1) is 18.8 Å². The Bertz CT molecular complexity index is 1270. The highest BCUT2D eigenvalue weighted by Crippen LogP contribution is 2.46. The number of aliphatic imine (C=N–C) groups is 1. The number of carbonyl (C=O) groups excluding carboxylic acids is 2. The summed E-state index contributed by atoms with van der Waals surface area (Å²) in [7, 11) is 3.87. The molecule has 1 fully saturated rings. The average Bonchev–Trinajstić information content (AvgIpc) is 3.00. The Morgan fingerprint density at radius 2 is 1.86 bits per heavy atom. The fraction of sp³-hybridized carbons (Fsp3) is 0.469. The molecule has 8 nitrogen and oxygen atoms in total. The minimum absolute atomic E-state index is 0.212. The molecule has 2 aliphatic heterocycles. The van der Waals surface area contributed by atoms with Crippen LogP contribution in [0.5, 0.6) is 5.75 Å². The van der Waals surface area contributed by atoms with Crippen molar-refractivity contribution in [2.75, 3.05) is 51.8 Å². The lowest BCUT2D eigenvalue weighted by molar-refractivity contribution is -0.131. The zero-order valence-corrected chi connectivity index (χ0v) is 25.9. The SMILES string of the molecule is C=CC=O.CCCOF.CCc1cc(C(=NC)N2C[C@@H](C)N(C)C[C@@H]2C)c2c(c1-c1ccc(F)cc1F)OCCN2C=O. The summed E-state index contributed by atoms with van der Waals surface area (Å²) < 4.78 is 45.2. The summed E-state index contributed by atoms with van der Waals surface area (Å²) in [5.74, 6) is -0.0859. The van der Waals surface area contributed by atoms with E-state index in [9.17, 15) is 18.1 Å². The highest BCUT2D eigenvalue weighted by molar-refractivity contribution is 6.09. The maximum atomic E-state index is 14.9. The number of carbonyl (C=O) groups is 2. The molecular formula is C32H43F3N4O4. The molecule has 0 aliphatic carbocycles. The van der Waals surface area contributed by atoms with Gasteiger partial charge in [-0.15, -0.1) is 0 Å². The molecule has 0 bridgehead atoms. The van der Waals surface area contributed by atoms with E-state index >= 15 is 0 Å². The van der Waals surface area contributed by atoms with Crippen LogP contribution in [0.4, 0.5) is 19.0 Å². The lowest BCUT2D eigenvalue weighted by Crippen LogP contribution is -2.57. The maximum absolute atomic E-state index is 14.9. The number of halogens is 3. The van der Waals surface area contributed by atoms with Crippen molar-refractivity contribution in [3.63, 3.8) is 0 Å². The number of amides is 1. The van der Waals surface area contributed by atoms with E-state index in [1.807, 2.05) is 19.9 Å². The molecule has 2 heterocycles. The largest absolute Gasteiger partial charge is 0.489 e. The number of nitrogens with zero attached hydrogens (tertiary/aromatic N) is 4. The van der Waals surface area contributed by atoms with Gasteiger partial charge < -0.3 is 14.5 Å². The number of likely N-dealkylation sites (N-methyl/N-ethyl adjacent to an activating group) is 1. The summed E-state index contributed by atoms with van der Waals surface area (Å²) in [6, 6.07) is 6.08. The Morgan fingerprint density at radius 1 is 1.16 bits per heavy atom. The molecule has 11 heteroatoms. The number of aldehydes is 1. The summed E-state index contributed by atoms with van der Waals surface area (Å²) in [5.41, 5.74) is 3.03. The minimum atomic E-state index is -0.664. The minimum Gasteiger partial charge on any atom is -0.489 e. The molecular weight excluding hydrogens is 561 g/mol. The second-order valence-electron chi connectivity index (χ2n) is 10.3. The number of hydrogen-bond acceptors (Lipinski definition) is 6.